The van der Waals surface area contributed by atoms with Gasteiger partial charge in [0.1, 0.15) is 17.1 Å². The SMILES string of the molecule is Cn1c(C#CCN2CCOCC2)cc2c(Cl)ncnc21. The average Bonchev–Trinajstić information content (AvgIpc) is 2.79. The van der Waals surface area contributed by atoms with E-state index in [0.717, 1.165) is 49.6 Å². The molecule has 5 nitrogen and oxygen atoms in total. The summed E-state index contributed by atoms with van der Waals surface area (Å²) in [5, 5.41) is 1.30. The molecule has 3 rings (SSSR count). The number of morpholine rings is 1. The molecule has 0 amide bonds. The molecule has 1 aliphatic heterocycles. The molecular formula is C14H15ClN4O. The average molecular weight is 291 g/mol. The Morgan fingerprint density at radius 1 is 1.35 bits per heavy atom. The minimum absolute atomic E-state index is 0.465. The number of aromatic nitrogens is 3. The molecule has 6 heteroatoms. The van der Waals surface area contributed by atoms with Gasteiger partial charge in [0.15, 0.2) is 0 Å². The Morgan fingerprint density at radius 2 is 2.15 bits per heavy atom. The Balaban J connectivity index is 1.81. The van der Waals surface area contributed by atoms with E-state index in [9.17, 15) is 0 Å². The van der Waals surface area contributed by atoms with Crippen LogP contribution >= 0.6 is 11.6 Å². The van der Waals surface area contributed by atoms with Gasteiger partial charge in [0.25, 0.3) is 0 Å². The van der Waals surface area contributed by atoms with E-state index < -0.39 is 0 Å². The molecule has 0 radical (unpaired) electrons. The predicted molar refractivity (Wildman–Crippen MR) is 77.7 cm³/mol. The van der Waals surface area contributed by atoms with E-state index >= 15 is 0 Å². The first-order chi connectivity index (χ1) is 9.75. The molecule has 1 saturated heterocycles. The molecule has 0 spiro atoms. The third-order valence-electron chi connectivity index (χ3n) is 3.40. The summed E-state index contributed by atoms with van der Waals surface area (Å²) in [6.07, 6.45) is 1.47. The van der Waals surface area contributed by atoms with Crippen LogP contribution in [0.25, 0.3) is 11.0 Å². The summed E-state index contributed by atoms with van der Waals surface area (Å²) in [6, 6.07) is 1.93. The Bertz CT molecular complexity index is 680. The zero-order chi connectivity index (χ0) is 13.9. The number of hydrogen-bond donors (Lipinski definition) is 0. The van der Waals surface area contributed by atoms with E-state index in [1.807, 2.05) is 17.7 Å². The van der Waals surface area contributed by atoms with Crippen LogP contribution in [-0.4, -0.2) is 52.3 Å². The van der Waals surface area contributed by atoms with E-state index in [1.54, 1.807) is 0 Å². The highest BCUT2D eigenvalue weighted by Crippen LogP contribution is 2.21. The molecule has 0 unspecified atom stereocenters. The van der Waals surface area contributed by atoms with E-state index in [4.69, 9.17) is 16.3 Å². The molecule has 0 atom stereocenters. The molecule has 0 aliphatic carbocycles. The zero-order valence-electron chi connectivity index (χ0n) is 11.3. The number of ether oxygens (including phenoxy) is 1. The van der Waals surface area contributed by atoms with Gasteiger partial charge in [0, 0.05) is 20.1 Å². The third-order valence-corrected chi connectivity index (χ3v) is 3.70. The first kappa shape index (κ1) is 13.4. The molecule has 0 aromatic carbocycles. The number of aryl methyl sites for hydroxylation is 1. The lowest BCUT2D eigenvalue weighted by molar-refractivity contribution is 0.0443. The van der Waals surface area contributed by atoms with Crippen LogP contribution in [0.4, 0.5) is 0 Å². The number of halogens is 1. The standard InChI is InChI=1S/C14H15ClN4O/c1-18-11(3-2-4-19-5-7-20-8-6-19)9-12-13(15)16-10-17-14(12)18/h9-10H,4-8H2,1H3. The lowest BCUT2D eigenvalue weighted by Crippen LogP contribution is -2.36. The van der Waals surface area contributed by atoms with Gasteiger partial charge in [-0.25, -0.2) is 9.97 Å². The Morgan fingerprint density at radius 3 is 2.90 bits per heavy atom. The maximum Gasteiger partial charge on any atom is 0.145 e. The summed E-state index contributed by atoms with van der Waals surface area (Å²) in [5.41, 5.74) is 1.70. The van der Waals surface area contributed by atoms with Crippen molar-refractivity contribution in [3.8, 4) is 11.8 Å². The Kier molecular flexibility index (Phi) is 3.88. The van der Waals surface area contributed by atoms with Crippen LogP contribution in [0.3, 0.4) is 0 Å². The fraction of sp³-hybridized carbons (Fsp3) is 0.429. The van der Waals surface area contributed by atoms with Crippen molar-refractivity contribution in [1.29, 1.82) is 0 Å². The fourth-order valence-corrected chi connectivity index (χ4v) is 2.41. The molecule has 2 aromatic heterocycles. The summed E-state index contributed by atoms with van der Waals surface area (Å²) in [6.45, 7) is 4.23. The molecule has 20 heavy (non-hydrogen) atoms. The minimum atomic E-state index is 0.465. The van der Waals surface area contributed by atoms with Gasteiger partial charge in [-0.3, -0.25) is 4.90 Å². The molecule has 3 heterocycles. The van der Waals surface area contributed by atoms with Gasteiger partial charge in [-0.15, -0.1) is 0 Å². The number of nitrogens with zero attached hydrogens (tertiary/aromatic N) is 4. The second kappa shape index (κ2) is 5.80. The maximum atomic E-state index is 6.06. The minimum Gasteiger partial charge on any atom is -0.379 e. The quantitative estimate of drug-likeness (QED) is 0.587. The van der Waals surface area contributed by atoms with Crippen molar-refractivity contribution in [2.45, 2.75) is 0 Å². The van der Waals surface area contributed by atoms with Crippen LogP contribution in [-0.2, 0) is 11.8 Å². The van der Waals surface area contributed by atoms with Crippen LogP contribution in [0, 0.1) is 11.8 Å². The smallest absolute Gasteiger partial charge is 0.145 e. The van der Waals surface area contributed by atoms with Crippen molar-refractivity contribution in [3.63, 3.8) is 0 Å². The van der Waals surface area contributed by atoms with Gasteiger partial charge in [-0.1, -0.05) is 17.5 Å². The van der Waals surface area contributed by atoms with Crippen molar-refractivity contribution in [2.24, 2.45) is 7.05 Å². The molecule has 1 fully saturated rings. The number of fused-ring (bicyclic) bond motifs is 1. The monoisotopic (exact) mass is 290 g/mol. The topological polar surface area (TPSA) is 43.2 Å². The van der Waals surface area contributed by atoms with Crippen molar-refractivity contribution in [3.05, 3.63) is 23.2 Å². The van der Waals surface area contributed by atoms with E-state index in [0.29, 0.717) is 5.15 Å². The predicted octanol–water partition coefficient (Wildman–Crippen LogP) is 1.31. The van der Waals surface area contributed by atoms with E-state index in [1.165, 1.54) is 6.33 Å². The molecule has 104 valence electrons. The molecular weight excluding hydrogens is 276 g/mol. The largest absolute Gasteiger partial charge is 0.379 e. The molecule has 0 saturated carbocycles. The molecule has 1 aliphatic rings. The lowest BCUT2D eigenvalue weighted by atomic mass is 10.3. The van der Waals surface area contributed by atoms with Crippen LogP contribution in [0.2, 0.25) is 5.15 Å². The van der Waals surface area contributed by atoms with Crippen molar-refractivity contribution >= 4 is 22.6 Å². The van der Waals surface area contributed by atoms with Crippen LogP contribution in [0.5, 0.6) is 0 Å². The van der Waals surface area contributed by atoms with Gasteiger partial charge in [-0.05, 0) is 12.0 Å². The second-order valence-electron chi connectivity index (χ2n) is 4.68. The van der Waals surface area contributed by atoms with Crippen LogP contribution in [0.15, 0.2) is 12.4 Å². The van der Waals surface area contributed by atoms with Gasteiger partial charge >= 0.3 is 0 Å². The highest BCUT2D eigenvalue weighted by atomic mass is 35.5. The second-order valence-corrected chi connectivity index (χ2v) is 5.04. The summed E-state index contributed by atoms with van der Waals surface area (Å²) >= 11 is 6.06. The first-order valence-corrected chi connectivity index (χ1v) is 6.88. The zero-order valence-corrected chi connectivity index (χ0v) is 12.0. The normalized spacial score (nSPS) is 16.1. The fourth-order valence-electron chi connectivity index (χ4n) is 2.23. The van der Waals surface area contributed by atoms with Crippen LogP contribution < -0.4 is 0 Å². The highest BCUT2D eigenvalue weighted by molar-refractivity contribution is 6.34. The molecule has 0 bridgehead atoms. The summed E-state index contributed by atoms with van der Waals surface area (Å²) in [4.78, 5) is 10.5. The Labute approximate surface area is 122 Å². The first-order valence-electron chi connectivity index (χ1n) is 6.50. The Hall–Kier alpha value is -1.61. The van der Waals surface area contributed by atoms with E-state index in [-0.39, 0.29) is 0 Å². The van der Waals surface area contributed by atoms with Gasteiger partial charge in [0.05, 0.1) is 30.8 Å². The van der Waals surface area contributed by atoms with Crippen molar-refractivity contribution in [2.75, 3.05) is 32.8 Å². The lowest BCUT2D eigenvalue weighted by Gasteiger charge is -2.24. The third kappa shape index (κ3) is 2.63. The van der Waals surface area contributed by atoms with Crippen molar-refractivity contribution < 1.29 is 4.74 Å². The summed E-state index contributed by atoms with van der Waals surface area (Å²) in [5.74, 6) is 6.38. The summed E-state index contributed by atoms with van der Waals surface area (Å²) < 4.78 is 7.25. The highest BCUT2D eigenvalue weighted by Gasteiger charge is 2.10. The van der Waals surface area contributed by atoms with Gasteiger partial charge in [-0.2, -0.15) is 0 Å². The maximum absolute atomic E-state index is 6.06. The van der Waals surface area contributed by atoms with Crippen LogP contribution in [0.1, 0.15) is 5.69 Å². The molecule has 2 aromatic rings. The molecule has 0 N–H and O–H groups in total. The van der Waals surface area contributed by atoms with Crippen molar-refractivity contribution in [1.82, 2.24) is 19.4 Å². The summed E-state index contributed by atoms with van der Waals surface area (Å²) in [7, 11) is 1.93. The van der Waals surface area contributed by atoms with Gasteiger partial charge < -0.3 is 9.30 Å². The van der Waals surface area contributed by atoms with Gasteiger partial charge in [0.2, 0.25) is 0 Å². The number of rotatable bonds is 1. The van der Waals surface area contributed by atoms with E-state index in [2.05, 4.69) is 26.7 Å². The number of hydrogen-bond acceptors (Lipinski definition) is 4.